The molecule has 0 spiro atoms. The van der Waals surface area contributed by atoms with Crippen LogP contribution in [-0.2, 0) is 4.79 Å². The number of nitrogens with one attached hydrogen (secondary N) is 1. The van der Waals surface area contributed by atoms with E-state index in [1.807, 2.05) is 30.3 Å². The lowest BCUT2D eigenvalue weighted by Gasteiger charge is -2.07. The van der Waals surface area contributed by atoms with E-state index in [0.29, 0.717) is 11.4 Å². The van der Waals surface area contributed by atoms with Crippen LogP contribution in [-0.4, -0.2) is 23.9 Å². The van der Waals surface area contributed by atoms with Crippen molar-refractivity contribution in [2.75, 3.05) is 13.2 Å². The second kappa shape index (κ2) is 8.12. The highest BCUT2D eigenvalue weighted by Crippen LogP contribution is 2.07. The number of hydrogen-bond acceptors (Lipinski definition) is 2. The van der Waals surface area contributed by atoms with Crippen LogP contribution in [0.15, 0.2) is 30.3 Å². The molecule has 1 atom stereocenters. The van der Waals surface area contributed by atoms with Crippen molar-refractivity contribution in [3.05, 3.63) is 30.3 Å². The second-order valence-corrected chi connectivity index (χ2v) is 5.44. The number of carbonyl (C=O) groups is 1. The molecule has 1 N–H and O–H groups in total. The first-order chi connectivity index (χ1) is 8.18. The van der Waals surface area contributed by atoms with Crippen LogP contribution in [0.5, 0.6) is 5.75 Å². The molecule has 1 rings (SSSR count). The number of ether oxygens (including phenoxy) is 1. The van der Waals surface area contributed by atoms with Gasteiger partial charge in [0.25, 0.3) is 5.91 Å². The van der Waals surface area contributed by atoms with E-state index >= 15 is 0 Å². The van der Waals surface area contributed by atoms with Gasteiger partial charge in [-0.15, -0.1) is 0 Å². The van der Waals surface area contributed by atoms with Crippen molar-refractivity contribution >= 4 is 21.8 Å². The minimum Gasteiger partial charge on any atom is -0.484 e. The summed E-state index contributed by atoms with van der Waals surface area (Å²) >= 11 is 3.47. The Morgan fingerprint density at radius 2 is 2.12 bits per heavy atom. The number of para-hydroxylation sites is 1. The van der Waals surface area contributed by atoms with E-state index < -0.39 is 0 Å². The van der Waals surface area contributed by atoms with Gasteiger partial charge in [-0.05, 0) is 25.0 Å². The summed E-state index contributed by atoms with van der Waals surface area (Å²) in [5, 5.41) is 2.82. The van der Waals surface area contributed by atoms with E-state index in [1.165, 1.54) is 0 Å². The third kappa shape index (κ3) is 7.00. The van der Waals surface area contributed by atoms with Gasteiger partial charge in [0.15, 0.2) is 6.61 Å². The maximum atomic E-state index is 11.4. The minimum atomic E-state index is -0.0731. The van der Waals surface area contributed by atoms with Crippen molar-refractivity contribution < 1.29 is 9.53 Å². The molecule has 0 saturated carbocycles. The Morgan fingerprint density at radius 1 is 1.41 bits per heavy atom. The van der Waals surface area contributed by atoms with Gasteiger partial charge >= 0.3 is 0 Å². The minimum absolute atomic E-state index is 0.0731. The van der Waals surface area contributed by atoms with Gasteiger partial charge in [-0.1, -0.05) is 41.1 Å². The highest BCUT2D eigenvalue weighted by Gasteiger charge is 2.02. The zero-order chi connectivity index (χ0) is 12.5. The SMILES string of the molecule is CC(Br)CCCNC(=O)COc1ccccc1. The average Bonchev–Trinajstić information content (AvgIpc) is 2.33. The van der Waals surface area contributed by atoms with E-state index in [4.69, 9.17) is 4.74 Å². The molecule has 4 heteroatoms. The number of rotatable bonds is 7. The molecule has 17 heavy (non-hydrogen) atoms. The Balaban J connectivity index is 2.09. The summed E-state index contributed by atoms with van der Waals surface area (Å²) in [6.45, 7) is 2.88. The predicted molar refractivity (Wildman–Crippen MR) is 72.6 cm³/mol. The topological polar surface area (TPSA) is 38.3 Å². The molecule has 0 heterocycles. The Labute approximate surface area is 111 Å². The summed E-state index contributed by atoms with van der Waals surface area (Å²) < 4.78 is 5.32. The smallest absolute Gasteiger partial charge is 0.257 e. The second-order valence-electron chi connectivity index (χ2n) is 3.87. The molecule has 94 valence electrons. The highest BCUT2D eigenvalue weighted by molar-refractivity contribution is 9.09. The van der Waals surface area contributed by atoms with E-state index in [1.54, 1.807) is 0 Å². The lowest BCUT2D eigenvalue weighted by Crippen LogP contribution is -2.29. The molecular weight excluding hydrogens is 282 g/mol. The maximum absolute atomic E-state index is 11.4. The van der Waals surface area contributed by atoms with Crippen LogP contribution in [0.1, 0.15) is 19.8 Å². The molecule has 1 aromatic rings. The zero-order valence-corrected chi connectivity index (χ0v) is 11.6. The summed E-state index contributed by atoms with van der Waals surface area (Å²) in [7, 11) is 0. The molecule has 0 aliphatic rings. The lowest BCUT2D eigenvalue weighted by atomic mass is 10.2. The van der Waals surface area contributed by atoms with Crippen LogP contribution in [0.25, 0.3) is 0 Å². The Kier molecular flexibility index (Phi) is 6.70. The predicted octanol–water partition coefficient (Wildman–Crippen LogP) is 2.75. The third-order valence-electron chi connectivity index (χ3n) is 2.21. The van der Waals surface area contributed by atoms with Crippen molar-refractivity contribution in [1.82, 2.24) is 5.32 Å². The standard InChI is InChI=1S/C13H18BrNO2/c1-11(14)6-5-9-15-13(16)10-17-12-7-3-2-4-8-12/h2-4,7-8,11H,5-6,9-10H2,1H3,(H,15,16). The van der Waals surface area contributed by atoms with Crippen molar-refractivity contribution in [2.45, 2.75) is 24.6 Å². The Morgan fingerprint density at radius 3 is 2.76 bits per heavy atom. The third-order valence-corrected chi connectivity index (χ3v) is 2.67. The number of carbonyl (C=O) groups excluding carboxylic acids is 1. The van der Waals surface area contributed by atoms with Gasteiger partial charge in [-0.25, -0.2) is 0 Å². The fraction of sp³-hybridized carbons (Fsp3) is 0.462. The fourth-order valence-corrected chi connectivity index (χ4v) is 1.65. The quantitative estimate of drug-likeness (QED) is 0.621. The molecule has 0 bridgehead atoms. The molecule has 3 nitrogen and oxygen atoms in total. The number of halogens is 1. The Bertz CT molecular complexity index is 327. The van der Waals surface area contributed by atoms with Gasteiger partial charge < -0.3 is 10.1 Å². The monoisotopic (exact) mass is 299 g/mol. The first kappa shape index (κ1) is 14.0. The van der Waals surface area contributed by atoms with Crippen LogP contribution in [0.3, 0.4) is 0 Å². The van der Waals surface area contributed by atoms with Gasteiger partial charge in [0, 0.05) is 11.4 Å². The van der Waals surface area contributed by atoms with Crippen molar-refractivity contribution in [2.24, 2.45) is 0 Å². The number of hydrogen-bond donors (Lipinski definition) is 1. The number of alkyl halides is 1. The van der Waals surface area contributed by atoms with Crippen LogP contribution in [0, 0.1) is 0 Å². The molecule has 0 fully saturated rings. The zero-order valence-electron chi connectivity index (χ0n) is 9.99. The number of amides is 1. The highest BCUT2D eigenvalue weighted by atomic mass is 79.9. The first-order valence-corrected chi connectivity index (χ1v) is 6.68. The van der Waals surface area contributed by atoms with Gasteiger partial charge in [-0.2, -0.15) is 0 Å². The maximum Gasteiger partial charge on any atom is 0.257 e. The van der Waals surface area contributed by atoms with Crippen LogP contribution < -0.4 is 10.1 Å². The first-order valence-electron chi connectivity index (χ1n) is 5.77. The van der Waals surface area contributed by atoms with Gasteiger partial charge in [0.1, 0.15) is 5.75 Å². The van der Waals surface area contributed by atoms with E-state index in [0.717, 1.165) is 18.6 Å². The van der Waals surface area contributed by atoms with Crippen molar-refractivity contribution in [1.29, 1.82) is 0 Å². The molecule has 0 aromatic heterocycles. The van der Waals surface area contributed by atoms with Gasteiger partial charge in [0.05, 0.1) is 0 Å². The molecule has 1 aromatic carbocycles. The molecule has 1 amide bonds. The van der Waals surface area contributed by atoms with Crippen LogP contribution >= 0.6 is 15.9 Å². The van der Waals surface area contributed by atoms with Gasteiger partial charge in [0.2, 0.25) is 0 Å². The fourth-order valence-electron chi connectivity index (χ4n) is 1.33. The van der Waals surface area contributed by atoms with E-state index in [-0.39, 0.29) is 12.5 Å². The largest absolute Gasteiger partial charge is 0.484 e. The summed E-state index contributed by atoms with van der Waals surface area (Å²) in [4.78, 5) is 11.9. The van der Waals surface area contributed by atoms with Gasteiger partial charge in [-0.3, -0.25) is 4.79 Å². The summed E-state index contributed by atoms with van der Waals surface area (Å²) in [6, 6.07) is 9.34. The summed E-state index contributed by atoms with van der Waals surface area (Å²) in [6.07, 6.45) is 2.03. The molecule has 1 unspecified atom stereocenters. The molecule has 0 aliphatic heterocycles. The van der Waals surface area contributed by atoms with Crippen LogP contribution in [0.4, 0.5) is 0 Å². The molecule has 0 radical (unpaired) electrons. The summed E-state index contributed by atoms with van der Waals surface area (Å²) in [5.74, 6) is 0.646. The Hall–Kier alpha value is -1.03. The van der Waals surface area contributed by atoms with Crippen LogP contribution in [0.2, 0.25) is 0 Å². The molecular formula is C13H18BrNO2. The normalized spacial score (nSPS) is 11.9. The van der Waals surface area contributed by atoms with Crippen molar-refractivity contribution in [3.8, 4) is 5.75 Å². The summed E-state index contributed by atoms with van der Waals surface area (Å²) in [5.41, 5.74) is 0. The lowest BCUT2D eigenvalue weighted by molar-refractivity contribution is -0.123. The molecule has 0 aliphatic carbocycles. The molecule has 0 saturated heterocycles. The average molecular weight is 300 g/mol. The van der Waals surface area contributed by atoms with E-state index in [2.05, 4.69) is 28.2 Å². The van der Waals surface area contributed by atoms with E-state index in [9.17, 15) is 4.79 Å². The van der Waals surface area contributed by atoms with Crippen molar-refractivity contribution in [3.63, 3.8) is 0 Å². The number of benzene rings is 1.